The fraction of sp³-hybridized carbons (Fsp3) is 0.263. The smallest absolute Gasteiger partial charge is 0.259 e. The van der Waals surface area contributed by atoms with Crippen molar-refractivity contribution in [3.05, 3.63) is 52.5 Å². The molecule has 0 aromatic heterocycles. The first-order valence-electron chi connectivity index (χ1n) is 8.00. The molecule has 0 aliphatic carbocycles. The van der Waals surface area contributed by atoms with Crippen LogP contribution in [-0.4, -0.2) is 32.4 Å². The van der Waals surface area contributed by atoms with Crippen molar-refractivity contribution in [1.29, 1.82) is 0 Å². The third-order valence-electron chi connectivity index (χ3n) is 3.85. The highest BCUT2D eigenvalue weighted by molar-refractivity contribution is 6.31. The lowest BCUT2D eigenvalue weighted by molar-refractivity contribution is -0.119. The zero-order chi connectivity index (χ0) is 19.1. The average molecular weight is 376 g/mol. The number of nitrogens with zero attached hydrogens (tertiary/aromatic N) is 1. The van der Waals surface area contributed by atoms with E-state index in [1.807, 2.05) is 31.2 Å². The molecule has 0 heterocycles. The Morgan fingerprint density at radius 3 is 2.65 bits per heavy atom. The van der Waals surface area contributed by atoms with Crippen molar-refractivity contribution < 1.29 is 14.3 Å². The highest BCUT2D eigenvalue weighted by Crippen LogP contribution is 2.25. The van der Waals surface area contributed by atoms with Crippen LogP contribution in [0.5, 0.6) is 11.5 Å². The minimum Gasteiger partial charge on any atom is -0.497 e. The van der Waals surface area contributed by atoms with E-state index in [-0.39, 0.29) is 12.5 Å². The lowest BCUT2D eigenvalue weighted by Gasteiger charge is -2.11. The number of amides is 1. The number of hydrogen-bond donors (Lipinski definition) is 2. The number of nitrogens with one attached hydrogen (secondary N) is 2. The van der Waals surface area contributed by atoms with E-state index in [1.165, 1.54) is 0 Å². The van der Waals surface area contributed by atoms with Crippen molar-refractivity contribution in [3.8, 4) is 11.5 Å². The summed E-state index contributed by atoms with van der Waals surface area (Å²) >= 11 is 6.07. The van der Waals surface area contributed by atoms with Crippen LogP contribution in [-0.2, 0) is 4.79 Å². The molecule has 2 aromatic rings. The summed E-state index contributed by atoms with van der Waals surface area (Å²) in [6.45, 7) is 3.76. The van der Waals surface area contributed by atoms with Gasteiger partial charge in [-0.1, -0.05) is 17.7 Å². The summed E-state index contributed by atoms with van der Waals surface area (Å²) in [6, 6.07) is 10.9. The van der Waals surface area contributed by atoms with Gasteiger partial charge in [0.05, 0.1) is 26.5 Å². The number of carbonyl (C=O) groups excluding carboxylic acids is 1. The summed E-state index contributed by atoms with van der Waals surface area (Å²) in [7, 11) is 3.16. The van der Waals surface area contributed by atoms with Gasteiger partial charge in [-0.2, -0.15) is 5.10 Å². The zero-order valence-electron chi connectivity index (χ0n) is 15.2. The van der Waals surface area contributed by atoms with Gasteiger partial charge in [0.25, 0.3) is 5.91 Å². The normalized spacial score (nSPS) is 11.0. The van der Waals surface area contributed by atoms with Crippen molar-refractivity contribution in [1.82, 2.24) is 5.43 Å². The van der Waals surface area contributed by atoms with Crippen molar-refractivity contribution in [2.24, 2.45) is 5.10 Å². The van der Waals surface area contributed by atoms with Crippen molar-refractivity contribution in [2.75, 3.05) is 26.1 Å². The summed E-state index contributed by atoms with van der Waals surface area (Å²) < 4.78 is 10.5. The van der Waals surface area contributed by atoms with Gasteiger partial charge in [-0.3, -0.25) is 4.79 Å². The fourth-order valence-electron chi connectivity index (χ4n) is 2.32. The van der Waals surface area contributed by atoms with Crippen LogP contribution in [0.15, 0.2) is 41.5 Å². The second kappa shape index (κ2) is 9.10. The molecule has 1 amide bonds. The maximum absolute atomic E-state index is 12.0. The van der Waals surface area contributed by atoms with Gasteiger partial charge < -0.3 is 14.8 Å². The van der Waals surface area contributed by atoms with E-state index >= 15 is 0 Å². The minimum absolute atomic E-state index is 0.0811. The maximum atomic E-state index is 12.0. The number of rotatable bonds is 7. The van der Waals surface area contributed by atoms with Crippen molar-refractivity contribution in [3.63, 3.8) is 0 Å². The Kier molecular flexibility index (Phi) is 6.86. The number of hydrogen-bond acceptors (Lipinski definition) is 5. The lowest BCUT2D eigenvalue weighted by atomic mass is 10.1. The van der Waals surface area contributed by atoms with Crippen LogP contribution in [0.4, 0.5) is 5.69 Å². The van der Waals surface area contributed by atoms with E-state index in [1.54, 1.807) is 33.3 Å². The number of carbonyl (C=O) groups is 1. The average Bonchev–Trinajstić information content (AvgIpc) is 2.66. The molecule has 0 spiro atoms. The Labute approximate surface area is 158 Å². The molecule has 2 N–H and O–H groups in total. The van der Waals surface area contributed by atoms with Gasteiger partial charge in [0, 0.05) is 22.3 Å². The van der Waals surface area contributed by atoms with Crippen LogP contribution < -0.4 is 20.2 Å². The largest absolute Gasteiger partial charge is 0.497 e. The molecule has 0 atom stereocenters. The number of ether oxygens (including phenoxy) is 2. The molecular formula is C19H22ClN3O3. The van der Waals surface area contributed by atoms with Gasteiger partial charge in [0.2, 0.25) is 0 Å². The lowest BCUT2D eigenvalue weighted by Crippen LogP contribution is -2.27. The topological polar surface area (TPSA) is 72.0 Å². The van der Waals surface area contributed by atoms with Gasteiger partial charge in [0.15, 0.2) is 0 Å². The summed E-state index contributed by atoms with van der Waals surface area (Å²) in [5.74, 6) is 1.03. The van der Waals surface area contributed by atoms with E-state index in [2.05, 4.69) is 15.8 Å². The first kappa shape index (κ1) is 19.6. The minimum atomic E-state index is -0.267. The van der Waals surface area contributed by atoms with Gasteiger partial charge in [0.1, 0.15) is 11.5 Å². The Bertz CT molecular complexity index is 822. The third-order valence-corrected chi connectivity index (χ3v) is 4.26. The number of anilines is 1. The van der Waals surface area contributed by atoms with E-state index in [0.717, 1.165) is 16.8 Å². The second-order valence-corrected chi connectivity index (χ2v) is 5.97. The SMILES string of the molecule is COc1ccc(/C(C)=N/NC(=O)CNc2cccc(Cl)c2C)c(OC)c1. The summed E-state index contributed by atoms with van der Waals surface area (Å²) in [5, 5.41) is 7.84. The third kappa shape index (κ3) is 4.89. The van der Waals surface area contributed by atoms with Gasteiger partial charge >= 0.3 is 0 Å². The molecule has 0 radical (unpaired) electrons. The Morgan fingerprint density at radius 1 is 1.19 bits per heavy atom. The molecule has 0 bridgehead atoms. The Balaban J connectivity index is 2.00. The molecule has 0 aliphatic heterocycles. The van der Waals surface area contributed by atoms with E-state index in [9.17, 15) is 4.79 Å². The molecule has 6 nitrogen and oxygen atoms in total. The predicted octanol–water partition coefficient (Wildman–Crippen LogP) is 3.62. The summed E-state index contributed by atoms with van der Waals surface area (Å²) in [6.07, 6.45) is 0. The van der Waals surface area contributed by atoms with Gasteiger partial charge in [-0.15, -0.1) is 0 Å². The zero-order valence-corrected chi connectivity index (χ0v) is 16.0. The number of methoxy groups -OCH3 is 2. The predicted molar refractivity (Wildman–Crippen MR) is 105 cm³/mol. The monoisotopic (exact) mass is 375 g/mol. The molecule has 7 heteroatoms. The van der Waals surface area contributed by atoms with Gasteiger partial charge in [-0.25, -0.2) is 5.43 Å². The summed E-state index contributed by atoms with van der Waals surface area (Å²) in [5.41, 5.74) is 5.63. The molecule has 26 heavy (non-hydrogen) atoms. The standard InChI is InChI=1S/C19H22ClN3O3/c1-12-16(20)6-5-7-17(12)21-11-19(24)23-22-13(2)15-9-8-14(25-3)10-18(15)26-4/h5-10,21H,11H2,1-4H3,(H,23,24)/b22-13+. The van der Waals surface area contributed by atoms with E-state index in [0.29, 0.717) is 22.2 Å². The first-order chi connectivity index (χ1) is 12.5. The molecule has 0 saturated carbocycles. The number of benzene rings is 2. The molecule has 0 aliphatic rings. The quantitative estimate of drug-likeness (QED) is 0.572. The van der Waals surface area contributed by atoms with Crippen LogP contribution >= 0.6 is 11.6 Å². The van der Waals surface area contributed by atoms with Crippen LogP contribution in [0.1, 0.15) is 18.1 Å². The Morgan fingerprint density at radius 2 is 1.96 bits per heavy atom. The molecule has 138 valence electrons. The van der Waals surface area contributed by atoms with Crippen LogP contribution in [0, 0.1) is 6.92 Å². The molecule has 0 fully saturated rings. The van der Waals surface area contributed by atoms with Gasteiger partial charge in [-0.05, 0) is 43.7 Å². The Hall–Kier alpha value is -2.73. The summed E-state index contributed by atoms with van der Waals surface area (Å²) in [4.78, 5) is 12.0. The van der Waals surface area contributed by atoms with E-state index in [4.69, 9.17) is 21.1 Å². The molecule has 0 saturated heterocycles. The second-order valence-electron chi connectivity index (χ2n) is 5.56. The molecule has 0 unspecified atom stereocenters. The highest BCUT2D eigenvalue weighted by atomic mass is 35.5. The fourth-order valence-corrected chi connectivity index (χ4v) is 2.49. The molecule has 2 aromatic carbocycles. The maximum Gasteiger partial charge on any atom is 0.259 e. The molecular weight excluding hydrogens is 354 g/mol. The van der Waals surface area contributed by atoms with Crippen LogP contribution in [0.2, 0.25) is 5.02 Å². The first-order valence-corrected chi connectivity index (χ1v) is 8.38. The number of halogens is 1. The van der Waals surface area contributed by atoms with Crippen molar-refractivity contribution >= 4 is 28.9 Å². The van der Waals surface area contributed by atoms with Crippen LogP contribution in [0.25, 0.3) is 0 Å². The van der Waals surface area contributed by atoms with E-state index < -0.39 is 0 Å². The highest BCUT2D eigenvalue weighted by Gasteiger charge is 2.09. The molecule has 2 rings (SSSR count). The number of hydrazone groups is 1. The van der Waals surface area contributed by atoms with Crippen LogP contribution in [0.3, 0.4) is 0 Å². The van der Waals surface area contributed by atoms with Crippen molar-refractivity contribution in [2.45, 2.75) is 13.8 Å².